The van der Waals surface area contributed by atoms with Crippen molar-refractivity contribution >= 4 is 11.9 Å². The lowest BCUT2D eigenvalue weighted by molar-refractivity contribution is -0.163. The minimum absolute atomic E-state index is 0.0679. The Morgan fingerprint density at radius 1 is 0.411 bits per heavy atom. The lowest BCUT2D eigenvalue weighted by Gasteiger charge is -2.18. The molecule has 0 N–H and O–H groups in total. The van der Waals surface area contributed by atoms with Gasteiger partial charge in [0, 0.05) is 19.4 Å². The highest BCUT2D eigenvalue weighted by atomic mass is 16.6. The molecule has 0 aliphatic rings. The standard InChI is InChI=1S/C51H92O5/c1-4-7-10-13-16-19-22-24-26-27-30-32-35-38-41-44-50(52)55-48-49(56-51(53)45-42-39-36-33-29-21-18-15-12-9-6-3)47-54-46-43-40-37-34-31-28-25-23-20-17-14-11-8-5-2/h8,11,17,20,25,28,34,37,49H,4-7,9-10,12-16,18-19,21-24,26-27,29-33,35-36,38-48H2,1-3H3/b11-8-,20-17-,28-25-,37-34-. The molecule has 326 valence electrons. The number of carbonyl (C=O) groups is 2. The molecule has 0 saturated heterocycles. The fourth-order valence-corrected chi connectivity index (χ4v) is 6.81. The van der Waals surface area contributed by atoms with Gasteiger partial charge in [0.2, 0.25) is 0 Å². The van der Waals surface area contributed by atoms with Crippen LogP contribution in [-0.4, -0.2) is 37.9 Å². The minimum atomic E-state index is -0.558. The summed E-state index contributed by atoms with van der Waals surface area (Å²) in [5.74, 6) is -0.418. The fraction of sp³-hybridized carbons (Fsp3) is 0.804. The van der Waals surface area contributed by atoms with Crippen LogP contribution in [0.15, 0.2) is 48.6 Å². The van der Waals surface area contributed by atoms with Crippen LogP contribution in [0.2, 0.25) is 0 Å². The van der Waals surface area contributed by atoms with Gasteiger partial charge in [-0.3, -0.25) is 9.59 Å². The normalized spacial score (nSPS) is 12.6. The van der Waals surface area contributed by atoms with Gasteiger partial charge in [-0.05, 0) is 51.4 Å². The number of rotatable bonds is 44. The van der Waals surface area contributed by atoms with Crippen molar-refractivity contribution in [1.29, 1.82) is 0 Å². The van der Waals surface area contributed by atoms with Gasteiger partial charge in [0.15, 0.2) is 6.10 Å². The predicted octanol–water partition coefficient (Wildman–Crippen LogP) is 16.0. The van der Waals surface area contributed by atoms with Crippen LogP contribution in [0, 0.1) is 0 Å². The molecule has 0 amide bonds. The van der Waals surface area contributed by atoms with Gasteiger partial charge >= 0.3 is 11.9 Å². The smallest absolute Gasteiger partial charge is 0.306 e. The van der Waals surface area contributed by atoms with E-state index >= 15 is 0 Å². The maximum absolute atomic E-state index is 12.7. The summed E-state index contributed by atoms with van der Waals surface area (Å²) in [7, 11) is 0. The van der Waals surface area contributed by atoms with E-state index in [1.807, 2.05) is 0 Å². The summed E-state index contributed by atoms with van der Waals surface area (Å²) in [6.45, 7) is 7.60. The molecule has 0 heterocycles. The van der Waals surface area contributed by atoms with E-state index in [1.165, 1.54) is 141 Å². The summed E-state index contributed by atoms with van der Waals surface area (Å²) >= 11 is 0. The number of ether oxygens (including phenoxy) is 3. The van der Waals surface area contributed by atoms with E-state index < -0.39 is 6.10 Å². The van der Waals surface area contributed by atoms with E-state index in [0.717, 1.165) is 64.2 Å². The number of allylic oxidation sites excluding steroid dienone is 8. The molecule has 1 atom stereocenters. The van der Waals surface area contributed by atoms with Crippen molar-refractivity contribution in [3.8, 4) is 0 Å². The van der Waals surface area contributed by atoms with Crippen LogP contribution in [0.1, 0.15) is 239 Å². The van der Waals surface area contributed by atoms with Gasteiger partial charge in [-0.1, -0.05) is 223 Å². The van der Waals surface area contributed by atoms with Gasteiger partial charge < -0.3 is 14.2 Å². The van der Waals surface area contributed by atoms with Crippen molar-refractivity contribution in [2.45, 2.75) is 245 Å². The second kappa shape index (κ2) is 47.2. The fourth-order valence-electron chi connectivity index (χ4n) is 6.81. The zero-order valence-corrected chi connectivity index (χ0v) is 37.4. The Morgan fingerprint density at radius 2 is 0.786 bits per heavy atom. The Morgan fingerprint density at radius 3 is 1.21 bits per heavy atom. The molecule has 1 unspecified atom stereocenters. The average Bonchev–Trinajstić information content (AvgIpc) is 3.20. The molecule has 0 aromatic heterocycles. The molecule has 0 aromatic carbocycles. The van der Waals surface area contributed by atoms with Gasteiger partial charge in [-0.15, -0.1) is 0 Å². The first-order valence-corrected chi connectivity index (χ1v) is 24.2. The lowest BCUT2D eigenvalue weighted by atomic mass is 10.0. The molecule has 0 bridgehead atoms. The minimum Gasteiger partial charge on any atom is -0.462 e. The van der Waals surface area contributed by atoms with E-state index in [1.54, 1.807) is 0 Å². The second-order valence-electron chi connectivity index (χ2n) is 16.0. The van der Waals surface area contributed by atoms with Crippen LogP contribution in [0.4, 0.5) is 0 Å². The Balaban J connectivity index is 4.29. The van der Waals surface area contributed by atoms with Crippen LogP contribution in [-0.2, 0) is 23.8 Å². The Labute approximate surface area is 348 Å². The molecule has 0 aliphatic heterocycles. The highest BCUT2D eigenvalue weighted by Crippen LogP contribution is 2.15. The largest absolute Gasteiger partial charge is 0.462 e. The zero-order chi connectivity index (χ0) is 40.7. The predicted molar refractivity (Wildman–Crippen MR) is 242 cm³/mol. The third-order valence-corrected chi connectivity index (χ3v) is 10.4. The van der Waals surface area contributed by atoms with Gasteiger partial charge in [0.05, 0.1) is 6.61 Å². The number of hydrogen-bond donors (Lipinski definition) is 0. The van der Waals surface area contributed by atoms with Gasteiger partial charge in [0.1, 0.15) is 6.61 Å². The number of esters is 2. The highest BCUT2D eigenvalue weighted by Gasteiger charge is 2.17. The maximum atomic E-state index is 12.7. The summed E-state index contributed by atoms with van der Waals surface area (Å²) in [5.41, 5.74) is 0. The third-order valence-electron chi connectivity index (χ3n) is 10.4. The van der Waals surface area contributed by atoms with E-state index in [-0.39, 0.29) is 25.2 Å². The number of unbranched alkanes of at least 4 members (excludes halogenated alkanes) is 25. The maximum Gasteiger partial charge on any atom is 0.306 e. The van der Waals surface area contributed by atoms with Crippen molar-refractivity contribution in [3.05, 3.63) is 48.6 Å². The quantitative estimate of drug-likeness (QED) is 0.0350. The molecule has 0 saturated carbocycles. The zero-order valence-electron chi connectivity index (χ0n) is 37.4. The van der Waals surface area contributed by atoms with Crippen LogP contribution in [0.25, 0.3) is 0 Å². The molecule has 56 heavy (non-hydrogen) atoms. The molecule has 5 heteroatoms. The lowest BCUT2D eigenvalue weighted by Crippen LogP contribution is -2.30. The van der Waals surface area contributed by atoms with E-state index in [9.17, 15) is 9.59 Å². The molecular weight excluding hydrogens is 693 g/mol. The SMILES string of the molecule is CC/C=C\C/C=C\C/C=C\C/C=C\CCCOCC(COC(=O)CCCCCCCCCCCCCCCCC)OC(=O)CCCCCCCCCCCCC. The Hall–Kier alpha value is -2.14. The van der Waals surface area contributed by atoms with Crippen molar-refractivity contribution in [1.82, 2.24) is 0 Å². The van der Waals surface area contributed by atoms with Crippen LogP contribution < -0.4 is 0 Å². The summed E-state index contributed by atoms with van der Waals surface area (Å²) in [4.78, 5) is 25.3. The molecule has 0 aromatic rings. The summed E-state index contributed by atoms with van der Waals surface area (Å²) in [6, 6.07) is 0. The highest BCUT2D eigenvalue weighted by molar-refractivity contribution is 5.70. The summed E-state index contributed by atoms with van der Waals surface area (Å²) in [5, 5.41) is 0. The van der Waals surface area contributed by atoms with Crippen LogP contribution in [0.5, 0.6) is 0 Å². The summed E-state index contributed by atoms with van der Waals surface area (Å²) in [6.07, 6.45) is 56.9. The van der Waals surface area contributed by atoms with Gasteiger partial charge in [-0.2, -0.15) is 0 Å². The van der Waals surface area contributed by atoms with Crippen molar-refractivity contribution in [2.24, 2.45) is 0 Å². The Kier molecular flexibility index (Phi) is 45.4. The molecule has 5 nitrogen and oxygen atoms in total. The van der Waals surface area contributed by atoms with Crippen molar-refractivity contribution < 1.29 is 23.8 Å². The van der Waals surface area contributed by atoms with Gasteiger partial charge in [0.25, 0.3) is 0 Å². The molecule has 0 radical (unpaired) electrons. The molecule has 0 fully saturated rings. The second-order valence-corrected chi connectivity index (χ2v) is 16.0. The van der Waals surface area contributed by atoms with Crippen LogP contribution >= 0.6 is 0 Å². The molecular formula is C51H92O5. The topological polar surface area (TPSA) is 61.8 Å². The van der Waals surface area contributed by atoms with Crippen molar-refractivity contribution in [3.63, 3.8) is 0 Å². The van der Waals surface area contributed by atoms with E-state index in [2.05, 4.69) is 69.4 Å². The van der Waals surface area contributed by atoms with Crippen molar-refractivity contribution in [2.75, 3.05) is 19.8 Å². The molecule has 0 aliphatic carbocycles. The first-order valence-electron chi connectivity index (χ1n) is 24.2. The van der Waals surface area contributed by atoms with Crippen LogP contribution in [0.3, 0.4) is 0 Å². The first-order chi connectivity index (χ1) is 27.6. The molecule has 0 spiro atoms. The third kappa shape index (κ3) is 44.6. The molecule has 0 rings (SSSR count). The van der Waals surface area contributed by atoms with E-state index in [4.69, 9.17) is 14.2 Å². The number of carbonyl (C=O) groups excluding carboxylic acids is 2. The first kappa shape index (κ1) is 53.9. The monoisotopic (exact) mass is 785 g/mol. The van der Waals surface area contributed by atoms with E-state index in [0.29, 0.717) is 19.4 Å². The number of hydrogen-bond acceptors (Lipinski definition) is 5. The summed E-state index contributed by atoms with van der Waals surface area (Å²) < 4.78 is 17.3. The average molecular weight is 785 g/mol. The Bertz CT molecular complexity index is 935. The van der Waals surface area contributed by atoms with Gasteiger partial charge in [-0.25, -0.2) is 0 Å².